The minimum Gasteiger partial charge on any atom is -0.343 e. The maximum Gasteiger partial charge on any atom is 0.185 e. The summed E-state index contributed by atoms with van der Waals surface area (Å²) in [6.45, 7) is 6.73. The molecule has 4 nitrogen and oxygen atoms in total. The van der Waals surface area contributed by atoms with Crippen LogP contribution < -0.4 is 4.90 Å². The fourth-order valence-electron chi connectivity index (χ4n) is 2.71. The molecule has 0 aromatic carbocycles. The summed E-state index contributed by atoms with van der Waals surface area (Å²) in [6, 6.07) is 4.75. The number of thiazole rings is 1. The topological polar surface area (TPSA) is 32.3 Å². The summed E-state index contributed by atoms with van der Waals surface area (Å²) in [7, 11) is 0. The number of anilines is 1. The molecule has 1 atom stereocenters. The molecule has 2 aromatic heterocycles. The lowest BCUT2D eigenvalue weighted by molar-refractivity contribution is 0.231. The van der Waals surface area contributed by atoms with Crippen LogP contribution in [0.2, 0.25) is 0 Å². The highest BCUT2D eigenvalue weighted by atomic mass is 32.1. The number of hydrogen-bond donors (Lipinski definition) is 0. The monoisotopic (exact) mass is 288 g/mol. The number of pyridine rings is 1. The molecule has 0 aliphatic carbocycles. The van der Waals surface area contributed by atoms with Crippen molar-refractivity contribution in [1.82, 2.24) is 14.9 Å². The molecule has 0 amide bonds. The molecule has 0 unspecified atom stereocenters. The Bertz CT molecular complexity index is 514. The predicted octanol–water partition coefficient (Wildman–Crippen LogP) is 2.29. The van der Waals surface area contributed by atoms with E-state index in [4.69, 9.17) is 0 Å². The molecule has 2 aromatic rings. The van der Waals surface area contributed by atoms with Crippen LogP contribution in [0.25, 0.3) is 0 Å². The lowest BCUT2D eigenvalue weighted by Crippen LogP contribution is -2.52. The summed E-state index contributed by atoms with van der Waals surface area (Å²) in [5.41, 5.74) is 1.37. The maximum atomic E-state index is 4.43. The second-order valence-electron chi connectivity index (χ2n) is 5.26. The van der Waals surface area contributed by atoms with Crippen molar-refractivity contribution in [1.29, 1.82) is 0 Å². The molecule has 3 rings (SSSR count). The van der Waals surface area contributed by atoms with Gasteiger partial charge in [-0.3, -0.25) is 9.88 Å². The first-order valence-corrected chi connectivity index (χ1v) is 7.98. The third-order valence-corrected chi connectivity index (χ3v) is 4.65. The van der Waals surface area contributed by atoms with E-state index in [0.717, 1.165) is 37.7 Å². The molecular formula is C15H20N4S. The molecule has 1 aliphatic rings. The molecule has 0 bridgehead atoms. The lowest BCUT2D eigenvalue weighted by Gasteiger charge is -2.39. The van der Waals surface area contributed by atoms with Gasteiger partial charge in [0.05, 0.1) is 0 Å². The maximum absolute atomic E-state index is 4.43. The predicted molar refractivity (Wildman–Crippen MR) is 83.3 cm³/mol. The summed E-state index contributed by atoms with van der Waals surface area (Å²) in [4.78, 5) is 13.5. The smallest absolute Gasteiger partial charge is 0.185 e. The first kappa shape index (κ1) is 13.5. The molecule has 0 saturated carbocycles. The summed E-state index contributed by atoms with van der Waals surface area (Å²) < 4.78 is 0. The normalized spacial score (nSPS) is 20.2. The van der Waals surface area contributed by atoms with Crippen molar-refractivity contribution in [2.24, 2.45) is 0 Å². The molecule has 5 heteroatoms. The highest BCUT2D eigenvalue weighted by molar-refractivity contribution is 7.13. The Kier molecular flexibility index (Phi) is 4.28. The minimum absolute atomic E-state index is 0.535. The molecule has 20 heavy (non-hydrogen) atoms. The number of rotatable bonds is 4. The van der Waals surface area contributed by atoms with E-state index in [1.807, 2.05) is 18.6 Å². The van der Waals surface area contributed by atoms with Crippen molar-refractivity contribution in [3.8, 4) is 0 Å². The van der Waals surface area contributed by atoms with Crippen LogP contribution in [0.1, 0.15) is 12.5 Å². The molecule has 1 fully saturated rings. The Hall–Kier alpha value is -1.46. The van der Waals surface area contributed by atoms with Gasteiger partial charge in [-0.25, -0.2) is 4.98 Å². The van der Waals surface area contributed by atoms with Gasteiger partial charge in [0.1, 0.15) is 0 Å². The van der Waals surface area contributed by atoms with E-state index >= 15 is 0 Å². The van der Waals surface area contributed by atoms with E-state index in [9.17, 15) is 0 Å². The number of piperazine rings is 1. The summed E-state index contributed by atoms with van der Waals surface area (Å²) >= 11 is 1.73. The first-order valence-electron chi connectivity index (χ1n) is 7.10. The SMILES string of the molecule is C[C@@H]1CN(CCc2ccncc2)CCN1c1nccs1. The highest BCUT2D eigenvalue weighted by Gasteiger charge is 2.24. The van der Waals surface area contributed by atoms with Gasteiger partial charge >= 0.3 is 0 Å². The van der Waals surface area contributed by atoms with E-state index in [-0.39, 0.29) is 0 Å². The number of hydrogen-bond acceptors (Lipinski definition) is 5. The van der Waals surface area contributed by atoms with Crippen LogP contribution in [-0.2, 0) is 6.42 Å². The van der Waals surface area contributed by atoms with Crippen molar-refractivity contribution in [2.75, 3.05) is 31.1 Å². The molecule has 0 radical (unpaired) electrons. The van der Waals surface area contributed by atoms with Gasteiger partial charge in [-0.05, 0) is 31.0 Å². The van der Waals surface area contributed by atoms with Crippen molar-refractivity contribution in [3.63, 3.8) is 0 Å². The van der Waals surface area contributed by atoms with Crippen molar-refractivity contribution < 1.29 is 0 Å². The standard InChI is InChI=1S/C15H20N4S/c1-13-12-18(8-4-14-2-5-16-6-3-14)9-10-19(13)15-17-7-11-20-15/h2-3,5-7,11,13H,4,8-10,12H2,1H3/t13-/m1/s1. The van der Waals surface area contributed by atoms with E-state index in [1.54, 1.807) is 11.3 Å². The molecule has 3 heterocycles. The van der Waals surface area contributed by atoms with Gasteiger partial charge < -0.3 is 4.90 Å². The second kappa shape index (κ2) is 6.33. The van der Waals surface area contributed by atoms with Crippen LogP contribution in [0.3, 0.4) is 0 Å². The molecular weight excluding hydrogens is 268 g/mol. The second-order valence-corrected chi connectivity index (χ2v) is 6.14. The third kappa shape index (κ3) is 3.16. The van der Waals surface area contributed by atoms with Crippen LogP contribution >= 0.6 is 11.3 Å². The Morgan fingerprint density at radius 3 is 2.80 bits per heavy atom. The van der Waals surface area contributed by atoms with Crippen molar-refractivity contribution >= 4 is 16.5 Å². The Balaban J connectivity index is 1.52. The Morgan fingerprint density at radius 2 is 2.10 bits per heavy atom. The van der Waals surface area contributed by atoms with E-state index in [2.05, 4.69) is 44.2 Å². The average Bonchev–Trinajstić information content (AvgIpc) is 3.00. The number of aromatic nitrogens is 2. The molecule has 106 valence electrons. The first-order chi connectivity index (χ1) is 9.83. The fourth-order valence-corrected chi connectivity index (χ4v) is 3.49. The van der Waals surface area contributed by atoms with E-state index in [1.165, 1.54) is 5.56 Å². The van der Waals surface area contributed by atoms with Crippen LogP contribution in [0.15, 0.2) is 36.1 Å². The average molecular weight is 288 g/mol. The van der Waals surface area contributed by atoms with Gasteiger partial charge in [-0.1, -0.05) is 0 Å². The summed E-state index contributed by atoms with van der Waals surface area (Å²) in [5, 5.41) is 3.21. The van der Waals surface area contributed by atoms with Crippen molar-refractivity contribution in [3.05, 3.63) is 41.7 Å². The molecule has 1 aliphatic heterocycles. The highest BCUT2D eigenvalue weighted by Crippen LogP contribution is 2.22. The largest absolute Gasteiger partial charge is 0.343 e. The Labute approximate surface area is 124 Å². The molecule has 0 N–H and O–H groups in total. The fraction of sp³-hybridized carbons (Fsp3) is 0.467. The zero-order chi connectivity index (χ0) is 13.8. The summed E-state index contributed by atoms with van der Waals surface area (Å²) in [6.07, 6.45) is 6.74. The molecule has 1 saturated heterocycles. The van der Waals surface area contributed by atoms with E-state index in [0.29, 0.717) is 6.04 Å². The quantitative estimate of drug-likeness (QED) is 0.864. The third-order valence-electron chi connectivity index (χ3n) is 3.84. The van der Waals surface area contributed by atoms with Crippen LogP contribution in [0.5, 0.6) is 0 Å². The summed E-state index contributed by atoms with van der Waals surface area (Å²) in [5.74, 6) is 0. The van der Waals surface area contributed by atoms with Gasteiger partial charge in [0.15, 0.2) is 5.13 Å². The zero-order valence-electron chi connectivity index (χ0n) is 11.8. The van der Waals surface area contributed by atoms with Gasteiger partial charge in [-0.15, -0.1) is 11.3 Å². The number of nitrogens with zero attached hydrogens (tertiary/aromatic N) is 4. The van der Waals surface area contributed by atoms with Crippen LogP contribution in [0.4, 0.5) is 5.13 Å². The van der Waals surface area contributed by atoms with Gasteiger partial charge in [-0.2, -0.15) is 0 Å². The molecule has 0 spiro atoms. The van der Waals surface area contributed by atoms with Gasteiger partial charge in [0.25, 0.3) is 0 Å². The Morgan fingerprint density at radius 1 is 1.25 bits per heavy atom. The van der Waals surface area contributed by atoms with E-state index < -0.39 is 0 Å². The minimum atomic E-state index is 0.535. The lowest BCUT2D eigenvalue weighted by atomic mass is 10.1. The van der Waals surface area contributed by atoms with Gasteiger partial charge in [0.2, 0.25) is 0 Å². The van der Waals surface area contributed by atoms with Gasteiger partial charge in [0, 0.05) is 56.2 Å². The van der Waals surface area contributed by atoms with Crippen LogP contribution in [0, 0.1) is 0 Å². The van der Waals surface area contributed by atoms with Crippen molar-refractivity contribution in [2.45, 2.75) is 19.4 Å². The zero-order valence-corrected chi connectivity index (χ0v) is 12.6. The van der Waals surface area contributed by atoms with Crippen LogP contribution in [-0.4, -0.2) is 47.1 Å².